The van der Waals surface area contributed by atoms with Gasteiger partial charge in [0.2, 0.25) is 11.8 Å². The number of fused-ring (bicyclic) bond motifs is 4. The second-order valence-corrected chi connectivity index (χ2v) is 26.0. The molecule has 2 aromatic carbocycles. The van der Waals surface area contributed by atoms with Crippen LogP contribution >= 0.6 is 24.8 Å². The Balaban J connectivity index is 0.000000213. The summed E-state index contributed by atoms with van der Waals surface area (Å²) < 4.78 is 14.4. The van der Waals surface area contributed by atoms with E-state index in [1.807, 2.05) is 140 Å². The standard InChI is InChI=1S/C36H46N8O4.C31H38N8O2.2ClH/c1-36(2,3)48-35(47)43-21-27(38-31(45)11-9-17-40(4)5)30(22-43)42(7)34(46)25-14-15-28-26(18-25)39-33(41(28)6)29-19-24-10-8-16-37-32(24)44(29)20-23-12-13-23;1-36(2)14-6-8-28(40)34-24-17-32-18-27(24)38(4)31(41)22-11-12-25-23(15-22)35-30(37(25)3)26-16-21-7-5-13-33-29(21)39(26)19-20-9-10-20;;/h8-11,14-16,18-19,23,27,30H,12-13,17,20-22H2,1-7H3,(H,38,45);5-8,11-13,15-16,20,24,27,32H,9-10,14,17-19H2,1-4H3,(H,34,40);2*1H/b11-9+;8-6+;;/t27-,30-;24-,27-;;/m00../s1. The van der Waals surface area contributed by atoms with Crippen LogP contribution in [0.2, 0.25) is 0 Å². The molecule has 22 nitrogen and oxygen atoms in total. The lowest BCUT2D eigenvalue weighted by atomic mass is 10.1. The highest BCUT2D eigenvalue weighted by Crippen LogP contribution is 2.38. The maximum absolute atomic E-state index is 14.0. The average Bonchev–Trinajstić information content (AvgIpc) is 1.62. The molecule has 0 spiro atoms. The third kappa shape index (κ3) is 15.3. The molecule has 4 fully saturated rings. The van der Waals surface area contributed by atoms with E-state index < -0.39 is 23.8 Å². The number of imidazole rings is 2. The summed E-state index contributed by atoms with van der Waals surface area (Å²) in [6.45, 7) is 10.2. The fourth-order valence-corrected chi connectivity index (χ4v) is 12.1. The zero-order valence-corrected chi connectivity index (χ0v) is 55.6. The topological polar surface area (TPSA) is 218 Å². The van der Waals surface area contributed by atoms with E-state index >= 15 is 0 Å². The maximum atomic E-state index is 14.0. The zero-order chi connectivity index (χ0) is 63.0. The van der Waals surface area contributed by atoms with E-state index in [-0.39, 0.29) is 73.6 Å². The SMILES string of the molecule is CN(C)C/C=C/C(=O)N[C@H]1CN(C(=O)OC(C)(C)C)C[C@@H]1N(C)C(=O)c1ccc2c(c1)nc(-c1cc3cccnc3n1CC1CC1)n2C.CN(C)C/C=C/C(=O)N[C@H]1CNC[C@@H]1N(C)C(=O)c1ccc2c(c1)nc(-c1cc3cccnc3n1CC1CC1)n2C.Cl.Cl. The van der Waals surface area contributed by atoms with Gasteiger partial charge in [0.1, 0.15) is 16.9 Å². The molecule has 0 radical (unpaired) electrons. The molecular formula is C67H86Cl2N16O6. The minimum absolute atomic E-state index is 0. The molecule has 3 N–H and O–H groups in total. The Morgan fingerprint density at radius 3 is 1.53 bits per heavy atom. The number of ether oxygens (including phenoxy) is 1. The predicted octanol–water partition coefficient (Wildman–Crippen LogP) is 7.78. The van der Waals surface area contributed by atoms with E-state index in [4.69, 9.17) is 14.7 Å². The third-order valence-electron chi connectivity index (χ3n) is 17.2. The smallest absolute Gasteiger partial charge is 0.410 e. The van der Waals surface area contributed by atoms with E-state index in [0.717, 1.165) is 74.7 Å². The van der Waals surface area contributed by atoms with Gasteiger partial charge in [-0.3, -0.25) is 19.2 Å². The Morgan fingerprint density at radius 2 is 1.08 bits per heavy atom. The number of aromatic nitrogens is 8. The summed E-state index contributed by atoms with van der Waals surface area (Å²) in [5.74, 6) is 2.27. The van der Waals surface area contributed by atoms with E-state index in [1.54, 1.807) is 40.9 Å². The number of carbonyl (C=O) groups excluding carboxylic acids is 5. The molecular weight excluding hydrogens is 1200 g/mol. The third-order valence-corrected chi connectivity index (χ3v) is 17.2. The average molecular weight is 1280 g/mol. The lowest BCUT2D eigenvalue weighted by Crippen LogP contribution is -2.51. The molecule has 0 bridgehead atoms. The number of nitrogens with one attached hydrogen (secondary N) is 3. The first-order valence-corrected chi connectivity index (χ1v) is 30.9. The number of carbonyl (C=O) groups is 5. The molecule has 91 heavy (non-hydrogen) atoms. The van der Waals surface area contributed by atoms with Crippen LogP contribution in [0.4, 0.5) is 4.79 Å². The van der Waals surface area contributed by atoms with E-state index in [1.165, 1.54) is 31.8 Å². The summed E-state index contributed by atoms with van der Waals surface area (Å²) >= 11 is 0. The first kappa shape index (κ1) is 67.2. The van der Waals surface area contributed by atoms with Crippen LogP contribution in [0.3, 0.4) is 0 Å². The molecule has 0 unspecified atom stereocenters. The van der Waals surface area contributed by atoms with Crippen LogP contribution < -0.4 is 16.0 Å². The van der Waals surface area contributed by atoms with Crippen LogP contribution in [0.15, 0.2) is 109 Å². The Kier molecular flexibility index (Phi) is 20.8. The van der Waals surface area contributed by atoms with Gasteiger partial charge in [0.25, 0.3) is 11.8 Å². The largest absolute Gasteiger partial charge is 0.444 e. The number of aryl methyl sites for hydroxylation is 2. The van der Waals surface area contributed by atoms with Crippen LogP contribution in [0, 0.1) is 11.8 Å². The van der Waals surface area contributed by atoms with Crippen molar-refractivity contribution in [1.82, 2.24) is 78.7 Å². The van der Waals surface area contributed by atoms with Crippen LogP contribution in [0.25, 0.3) is 67.2 Å². The van der Waals surface area contributed by atoms with Crippen molar-refractivity contribution in [2.45, 2.75) is 89.3 Å². The number of likely N-dealkylation sites (N-methyl/N-ethyl adjacent to an activating group) is 4. The van der Waals surface area contributed by atoms with Crippen molar-refractivity contribution < 1.29 is 28.7 Å². The zero-order valence-electron chi connectivity index (χ0n) is 53.9. The molecule has 5 amide bonds. The highest BCUT2D eigenvalue weighted by molar-refractivity contribution is 6.00. The second kappa shape index (κ2) is 28.2. The number of amides is 5. The van der Waals surface area contributed by atoms with Crippen LogP contribution in [0.1, 0.15) is 67.2 Å². The lowest BCUT2D eigenvalue weighted by Gasteiger charge is -2.29. The number of pyridine rings is 2. The van der Waals surface area contributed by atoms with Crippen molar-refractivity contribution in [2.24, 2.45) is 25.9 Å². The molecule has 4 aliphatic rings. The van der Waals surface area contributed by atoms with Crippen molar-refractivity contribution in [3.05, 3.63) is 121 Å². The summed E-state index contributed by atoms with van der Waals surface area (Å²) in [6.07, 6.45) is 14.8. The van der Waals surface area contributed by atoms with Crippen LogP contribution in [-0.4, -0.2) is 204 Å². The number of benzene rings is 2. The van der Waals surface area contributed by atoms with Gasteiger partial charge in [-0.25, -0.2) is 24.7 Å². The molecule has 12 rings (SSSR count). The van der Waals surface area contributed by atoms with E-state index in [9.17, 15) is 24.0 Å². The molecule has 2 saturated heterocycles. The van der Waals surface area contributed by atoms with Gasteiger partial charge < -0.3 is 63.5 Å². The number of halogens is 2. The van der Waals surface area contributed by atoms with Crippen molar-refractivity contribution in [1.29, 1.82) is 0 Å². The van der Waals surface area contributed by atoms with E-state index in [2.05, 4.69) is 68.5 Å². The predicted molar refractivity (Wildman–Crippen MR) is 361 cm³/mol. The normalized spacial score (nSPS) is 18.3. The number of nitrogens with zero attached hydrogens (tertiary/aromatic N) is 13. The van der Waals surface area contributed by atoms with Gasteiger partial charge in [-0.1, -0.05) is 12.2 Å². The molecule has 4 atom stereocenters. The van der Waals surface area contributed by atoms with Gasteiger partial charge >= 0.3 is 6.09 Å². The number of hydrogen-bond donors (Lipinski definition) is 3. The number of hydrogen-bond acceptors (Lipinski definition) is 13. The quantitative estimate of drug-likeness (QED) is 0.0700. The van der Waals surface area contributed by atoms with Crippen LogP contribution in [-0.2, 0) is 41.5 Å². The molecule has 24 heteroatoms. The highest BCUT2D eigenvalue weighted by atomic mass is 35.5. The Labute approximate surface area is 543 Å². The van der Waals surface area contributed by atoms with Crippen molar-refractivity contribution in [2.75, 3.05) is 81.6 Å². The maximum Gasteiger partial charge on any atom is 0.410 e. The van der Waals surface area contributed by atoms with Gasteiger partial charge in [0.05, 0.1) is 57.6 Å². The summed E-state index contributed by atoms with van der Waals surface area (Å²) in [7, 11) is 15.3. The van der Waals surface area contributed by atoms with Gasteiger partial charge in [-0.05, 0) is 159 Å². The van der Waals surface area contributed by atoms with Crippen molar-refractivity contribution in [3.8, 4) is 23.0 Å². The van der Waals surface area contributed by atoms with Gasteiger partial charge in [-0.2, -0.15) is 0 Å². The van der Waals surface area contributed by atoms with Gasteiger partial charge in [0.15, 0.2) is 11.6 Å². The van der Waals surface area contributed by atoms with Gasteiger partial charge in [-0.15, -0.1) is 24.8 Å². The molecule has 2 aliphatic carbocycles. The molecule has 2 saturated carbocycles. The molecule has 6 aromatic heterocycles. The number of rotatable bonds is 18. The Bertz CT molecular complexity index is 4040. The molecule has 8 aromatic rings. The van der Waals surface area contributed by atoms with Gasteiger partial charge in [0, 0.05) is 127 Å². The summed E-state index contributed by atoms with van der Waals surface area (Å²) in [5.41, 5.74) is 7.72. The summed E-state index contributed by atoms with van der Waals surface area (Å²) in [4.78, 5) is 94.3. The molecule has 8 heterocycles. The second-order valence-electron chi connectivity index (χ2n) is 26.0. The molecule has 2 aliphatic heterocycles. The summed E-state index contributed by atoms with van der Waals surface area (Å²) in [5, 5.41) is 11.6. The fraction of sp³-hybridized carbons (Fsp3) is 0.448. The Morgan fingerprint density at radius 1 is 0.615 bits per heavy atom. The first-order valence-electron chi connectivity index (χ1n) is 30.9. The monoisotopic (exact) mass is 1280 g/mol. The van der Waals surface area contributed by atoms with Crippen molar-refractivity contribution in [3.63, 3.8) is 0 Å². The molecule has 484 valence electrons. The highest BCUT2D eigenvalue weighted by Gasteiger charge is 2.42. The Hall–Kier alpha value is -8.15. The minimum Gasteiger partial charge on any atom is -0.444 e. The van der Waals surface area contributed by atoms with E-state index in [0.29, 0.717) is 54.7 Å². The van der Waals surface area contributed by atoms with Crippen molar-refractivity contribution >= 4 is 98.7 Å². The number of likely N-dealkylation sites (tertiary alicyclic amines) is 1. The summed E-state index contributed by atoms with van der Waals surface area (Å²) in [6, 6.07) is 22.4. The fourth-order valence-electron chi connectivity index (χ4n) is 12.1. The lowest BCUT2D eigenvalue weighted by molar-refractivity contribution is -0.118. The first-order chi connectivity index (χ1) is 42.6. The van der Waals surface area contributed by atoms with Crippen LogP contribution in [0.5, 0.6) is 0 Å². The minimum atomic E-state index is -0.676.